The Labute approximate surface area is 154 Å². The summed E-state index contributed by atoms with van der Waals surface area (Å²) in [4.78, 5) is 9.35. The fourth-order valence-corrected chi connectivity index (χ4v) is 3.57. The Balaban J connectivity index is 1.87. The van der Waals surface area contributed by atoms with Crippen LogP contribution in [0.2, 0.25) is 5.15 Å². The Morgan fingerprint density at radius 3 is 2.24 bits per heavy atom. The van der Waals surface area contributed by atoms with Gasteiger partial charge in [0.2, 0.25) is 0 Å². The number of benzene rings is 1. The highest BCUT2D eigenvalue weighted by Crippen LogP contribution is 2.31. The number of nitrogens with zero attached hydrogens (tertiary/aromatic N) is 5. The number of aromatic nitrogens is 2. The molecule has 1 fully saturated rings. The quantitative estimate of drug-likeness (QED) is 0.842. The minimum absolute atomic E-state index is 0.412. The third-order valence-corrected chi connectivity index (χ3v) is 5.35. The smallest absolute Gasteiger partial charge is 0.144 e. The van der Waals surface area contributed by atoms with Crippen LogP contribution in [0.3, 0.4) is 0 Å². The molecule has 3 rings (SSSR count). The molecule has 2 aromatic rings. The van der Waals surface area contributed by atoms with E-state index in [9.17, 15) is 5.26 Å². The first-order valence-corrected chi connectivity index (χ1v) is 9.06. The molecule has 0 spiro atoms. The van der Waals surface area contributed by atoms with Crippen molar-refractivity contribution in [3.8, 4) is 17.5 Å². The minimum atomic E-state index is -0.412. The van der Waals surface area contributed by atoms with E-state index >= 15 is 0 Å². The van der Waals surface area contributed by atoms with Crippen LogP contribution in [0.1, 0.15) is 25.6 Å². The van der Waals surface area contributed by atoms with E-state index in [1.165, 1.54) is 0 Å². The lowest BCUT2D eigenvalue weighted by Gasteiger charge is -2.38. The van der Waals surface area contributed by atoms with E-state index in [0.29, 0.717) is 16.9 Å². The van der Waals surface area contributed by atoms with Crippen LogP contribution in [0.25, 0.3) is 11.4 Å². The molecule has 1 aromatic carbocycles. The van der Waals surface area contributed by atoms with Crippen LogP contribution in [-0.2, 0) is 7.05 Å². The highest BCUT2D eigenvalue weighted by Gasteiger charge is 2.30. The van der Waals surface area contributed by atoms with Crippen molar-refractivity contribution in [3.05, 3.63) is 41.2 Å². The molecule has 1 atom stereocenters. The zero-order chi connectivity index (χ0) is 18.0. The standard InChI is InChI=1S/C19H24ClN5/c1-14(2)24-9-11-25(12-10-24)16(13-21)17-18(20)23(3)19(22-17)15-7-5-4-6-8-15/h4-8,14,16H,9-12H2,1-3H3. The van der Waals surface area contributed by atoms with Gasteiger partial charge in [0.1, 0.15) is 22.7 Å². The zero-order valence-corrected chi connectivity index (χ0v) is 15.7. The highest BCUT2D eigenvalue weighted by atomic mass is 35.5. The van der Waals surface area contributed by atoms with E-state index in [1.807, 2.05) is 41.9 Å². The number of halogens is 1. The summed E-state index contributed by atoms with van der Waals surface area (Å²) in [6.07, 6.45) is 0. The first-order chi connectivity index (χ1) is 12.0. The van der Waals surface area contributed by atoms with E-state index in [0.717, 1.165) is 37.6 Å². The first kappa shape index (κ1) is 17.9. The molecule has 1 aliphatic rings. The summed E-state index contributed by atoms with van der Waals surface area (Å²) in [6.45, 7) is 8.05. The van der Waals surface area contributed by atoms with Gasteiger partial charge >= 0.3 is 0 Å². The van der Waals surface area contributed by atoms with Crippen LogP contribution in [-0.4, -0.2) is 51.6 Å². The van der Waals surface area contributed by atoms with Gasteiger partial charge < -0.3 is 4.57 Å². The number of imidazole rings is 1. The molecular weight excluding hydrogens is 334 g/mol. The Morgan fingerprint density at radius 2 is 1.68 bits per heavy atom. The zero-order valence-electron chi connectivity index (χ0n) is 15.0. The van der Waals surface area contributed by atoms with Gasteiger partial charge in [0, 0.05) is 44.8 Å². The number of piperazine rings is 1. The molecule has 0 N–H and O–H groups in total. The Morgan fingerprint density at radius 1 is 1.08 bits per heavy atom. The topological polar surface area (TPSA) is 48.1 Å². The summed E-state index contributed by atoms with van der Waals surface area (Å²) in [6, 6.07) is 12.5. The molecule has 0 radical (unpaired) electrons. The molecule has 1 aromatic heterocycles. The summed E-state index contributed by atoms with van der Waals surface area (Å²) >= 11 is 6.55. The van der Waals surface area contributed by atoms with Crippen LogP contribution < -0.4 is 0 Å². The summed E-state index contributed by atoms with van der Waals surface area (Å²) in [5.41, 5.74) is 1.66. The van der Waals surface area contributed by atoms with Crippen LogP contribution >= 0.6 is 11.6 Å². The summed E-state index contributed by atoms with van der Waals surface area (Å²) in [7, 11) is 1.90. The largest absolute Gasteiger partial charge is 0.318 e. The SMILES string of the molecule is CC(C)N1CCN(C(C#N)c2nc(-c3ccccc3)n(C)c2Cl)CC1. The number of nitriles is 1. The fraction of sp³-hybridized carbons (Fsp3) is 0.474. The summed E-state index contributed by atoms with van der Waals surface area (Å²) < 4.78 is 1.86. The van der Waals surface area contributed by atoms with Gasteiger partial charge in [0.05, 0.1) is 6.07 Å². The maximum atomic E-state index is 9.79. The number of rotatable bonds is 4. The van der Waals surface area contributed by atoms with Gasteiger partial charge in [-0.1, -0.05) is 41.9 Å². The number of hydrogen-bond donors (Lipinski definition) is 0. The lowest BCUT2D eigenvalue weighted by atomic mass is 10.1. The Hall–Kier alpha value is -1.87. The monoisotopic (exact) mass is 357 g/mol. The number of hydrogen-bond acceptors (Lipinski definition) is 4. The van der Waals surface area contributed by atoms with Crippen molar-refractivity contribution in [2.75, 3.05) is 26.2 Å². The van der Waals surface area contributed by atoms with E-state index in [4.69, 9.17) is 16.6 Å². The van der Waals surface area contributed by atoms with Crippen LogP contribution in [0.4, 0.5) is 0 Å². The fourth-order valence-electron chi connectivity index (χ4n) is 3.35. The second kappa shape index (κ2) is 7.57. The van der Waals surface area contributed by atoms with Gasteiger partial charge in [-0.15, -0.1) is 0 Å². The van der Waals surface area contributed by atoms with Crippen molar-refractivity contribution in [2.24, 2.45) is 7.05 Å². The molecule has 0 aliphatic carbocycles. The maximum absolute atomic E-state index is 9.79. The third kappa shape index (κ3) is 3.57. The van der Waals surface area contributed by atoms with Crippen LogP contribution in [0.5, 0.6) is 0 Å². The molecule has 0 saturated carbocycles. The molecule has 0 bridgehead atoms. The minimum Gasteiger partial charge on any atom is -0.318 e. The Kier molecular flexibility index (Phi) is 5.43. The molecule has 25 heavy (non-hydrogen) atoms. The highest BCUT2D eigenvalue weighted by molar-refractivity contribution is 6.30. The predicted octanol–water partition coefficient (Wildman–Crippen LogP) is 3.33. The molecule has 0 amide bonds. The second-order valence-electron chi connectivity index (χ2n) is 6.73. The normalized spacial score (nSPS) is 17.6. The van der Waals surface area contributed by atoms with E-state index in [2.05, 4.69) is 29.7 Å². The Bertz CT molecular complexity index is 754. The van der Waals surface area contributed by atoms with Gasteiger partial charge in [-0.05, 0) is 13.8 Å². The second-order valence-corrected chi connectivity index (χ2v) is 7.09. The lowest BCUT2D eigenvalue weighted by Crippen LogP contribution is -2.49. The van der Waals surface area contributed by atoms with Crippen LogP contribution in [0.15, 0.2) is 30.3 Å². The average Bonchev–Trinajstić information content (AvgIpc) is 2.93. The summed E-state index contributed by atoms with van der Waals surface area (Å²) in [5.74, 6) is 0.793. The first-order valence-electron chi connectivity index (χ1n) is 8.68. The third-order valence-electron chi connectivity index (χ3n) is 4.91. The van der Waals surface area contributed by atoms with Gasteiger partial charge in [-0.3, -0.25) is 9.80 Å². The van der Waals surface area contributed by atoms with Crippen molar-refractivity contribution < 1.29 is 0 Å². The predicted molar refractivity (Wildman–Crippen MR) is 100 cm³/mol. The van der Waals surface area contributed by atoms with Gasteiger partial charge in [0.25, 0.3) is 0 Å². The van der Waals surface area contributed by atoms with E-state index in [1.54, 1.807) is 0 Å². The molecule has 5 nitrogen and oxygen atoms in total. The van der Waals surface area contributed by atoms with Gasteiger partial charge in [-0.25, -0.2) is 4.98 Å². The van der Waals surface area contributed by atoms with Gasteiger partial charge in [-0.2, -0.15) is 5.26 Å². The van der Waals surface area contributed by atoms with Crippen molar-refractivity contribution >= 4 is 11.6 Å². The average molecular weight is 358 g/mol. The van der Waals surface area contributed by atoms with Crippen molar-refractivity contribution in [3.63, 3.8) is 0 Å². The van der Waals surface area contributed by atoms with Gasteiger partial charge in [0.15, 0.2) is 0 Å². The maximum Gasteiger partial charge on any atom is 0.144 e. The molecule has 2 heterocycles. The molecular formula is C19H24ClN5. The van der Waals surface area contributed by atoms with E-state index < -0.39 is 6.04 Å². The molecule has 1 saturated heterocycles. The van der Waals surface area contributed by atoms with Crippen molar-refractivity contribution in [1.82, 2.24) is 19.4 Å². The molecule has 132 valence electrons. The van der Waals surface area contributed by atoms with E-state index in [-0.39, 0.29) is 0 Å². The molecule has 1 aliphatic heterocycles. The van der Waals surface area contributed by atoms with Crippen molar-refractivity contribution in [2.45, 2.75) is 25.9 Å². The molecule has 6 heteroatoms. The summed E-state index contributed by atoms with van der Waals surface area (Å²) in [5, 5.41) is 10.3. The van der Waals surface area contributed by atoms with Crippen LogP contribution in [0, 0.1) is 11.3 Å². The molecule has 1 unspecified atom stereocenters. The van der Waals surface area contributed by atoms with Crippen molar-refractivity contribution in [1.29, 1.82) is 5.26 Å². The lowest BCUT2D eigenvalue weighted by molar-refractivity contribution is 0.0922.